The zero-order valence-corrected chi connectivity index (χ0v) is 33.6. The summed E-state index contributed by atoms with van der Waals surface area (Å²) >= 11 is 0. The molecule has 0 N–H and O–H groups in total. The largest absolute Gasteiger partial charge is 0.179 e. The maximum atomic E-state index is 2.52. The van der Waals surface area contributed by atoms with Crippen LogP contribution in [0.25, 0.3) is 11.1 Å². The van der Waals surface area contributed by atoms with Crippen LogP contribution in [0.1, 0.15) is 22.3 Å². The lowest BCUT2D eigenvalue weighted by Gasteiger charge is -2.36. The minimum absolute atomic E-state index is 1.32. The summed E-state index contributed by atoms with van der Waals surface area (Å²) in [5.41, 5.74) is 7.98. The number of hydrogen-bond donors (Lipinski definition) is 0. The highest BCUT2D eigenvalue weighted by atomic mass is 28.3. The van der Waals surface area contributed by atoms with Crippen LogP contribution in [0.5, 0.6) is 0 Å². The summed E-state index contributed by atoms with van der Waals surface area (Å²) in [5, 5.41) is 11.2. The highest BCUT2D eigenvalue weighted by Crippen LogP contribution is 2.33. The standard InChI is InChI=1S/C52H46Si2/c1-39-35-49(53(43-23-11-5-12-24-43,44-25-13-6-14-26-44)45-27-15-7-16-28-45)36-40(2)51(39)52-41(3)37-50(38-42(52)4)54(46-29-17-8-18-30-46,47-31-19-9-20-32-47)48-33-21-10-22-34-48/h5-38H,1-4H3. The molecule has 0 aliphatic rings. The van der Waals surface area contributed by atoms with E-state index in [2.05, 4.69) is 234 Å². The molecule has 0 nitrogen and oxygen atoms in total. The van der Waals surface area contributed by atoms with E-state index in [1.54, 1.807) is 0 Å². The molecule has 0 aliphatic heterocycles. The number of rotatable bonds is 9. The van der Waals surface area contributed by atoms with Gasteiger partial charge in [-0.05, 0) is 103 Å². The van der Waals surface area contributed by atoms with Gasteiger partial charge in [-0.2, -0.15) is 0 Å². The summed E-state index contributed by atoms with van der Waals surface area (Å²) in [4.78, 5) is 0. The van der Waals surface area contributed by atoms with Crippen LogP contribution in [-0.2, 0) is 0 Å². The van der Waals surface area contributed by atoms with Gasteiger partial charge in [0, 0.05) is 0 Å². The van der Waals surface area contributed by atoms with Gasteiger partial charge in [0.2, 0.25) is 0 Å². The Bertz CT molecular complexity index is 2070. The fourth-order valence-corrected chi connectivity index (χ4v) is 19.2. The molecule has 2 heteroatoms. The zero-order chi connectivity index (χ0) is 37.1. The molecular weight excluding hydrogens is 681 g/mol. The molecule has 0 heterocycles. The lowest BCUT2D eigenvalue weighted by Crippen LogP contribution is -2.74. The van der Waals surface area contributed by atoms with Crippen molar-refractivity contribution in [3.8, 4) is 11.1 Å². The molecule has 0 unspecified atom stereocenters. The van der Waals surface area contributed by atoms with Crippen molar-refractivity contribution < 1.29 is 0 Å². The molecule has 0 atom stereocenters. The molecule has 262 valence electrons. The van der Waals surface area contributed by atoms with Crippen LogP contribution in [0.3, 0.4) is 0 Å². The lowest BCUT2D eigenvalue weighted by atomic mass is 9.89. The third-order valence-corrected chi connectivity index (χ3v) is 20.9. The Morgan fingerprint density at radius 2 is 0.389 bits per heavy atom. The molecular formula is C52H46Si2. The second-order valence-electron chi connectivity index (χ2n) is 14.7. The van der Waals surface area contributed by atoms with Gasteiger partial charge in [-0.25, -0.2) is 0 Å². The highest BCUT2D eigenvalue weighted by molar-refractivity contribution is 7.20. The topological polar surface area (TPSA) is 0 Å². The van der Waals surface area contributed by atoms with Gasteiger partial charge in [0.1, 0.15) is 0 Å². The van der Waals surface area contributed by atoms with Crippen molar-refractivity contribution in [2.45, 2.75) is 27.7 Å². The van der Waals surface area contributed by atoms with Gasteiger partial charge in [0.05, 0.1) is 0 Å². The molecule has 0 radical (unpaired) electrons. The third kappa shape index (κ3) is 5.92. The maximum absolute atomic E-state index is 2.65. The normalized spacial score (nSPS) is 11.7. The quantitative estimate of drug-likeness (QED) is 0.108. The van der Waals surface area contributed by atoms with Crippen molar-refractivity contribution >= 4 is 57.6 Å². The number of aryl methyl sites for hydroxylation is 4. The highest BCUT2D eigenvalue weighted by Gasteiger charge is 2.43. The van der Waals surface area contributed by atoms with Crippen LogP contribution in [0, 0.1) is 27.7 Å². The van der Waals surface area contributed by atoms with Crippen LogP contribution < -0.4 is 41.5 Å². The molecule has 8 rings (SSSR count). The SMILES string of the molecule is Cc1cc([Si](c2ccccc2)(c2ccccc2)c2ccccc2)cc(C)c1-c1c(C)cc([Si](c2ccccc2)(c2ccccc2)c2ccccc2)cc1C. The lowest BCUT2D eigenvalue weighted by molar-refractivity contribution is 1.33. The van der Waals surface area contributed by atoms with Crippen LogP contribution >= 0.6 is 0 Å². The first-order valence-corrected chi connectivity index (χ1v) is 23.0. The zero-order valence-electron chi connectivity index (χ0n) is 31.6. The molecule has 0 saturated heterocycles. The van der Waals surface area contributed by atoms with Crippen LogP contribution in [0.2, 0.25) is 0 Å². The average Bonchev–Trinajstić information content (AvgIpc) is 3.22. The summed E-state index contributed by atoms with van der Waals surface area (Å²) in [6.45, 7) is 9.32. The second-order valence-corrected chi connectivity index (χ2v) is 22.3. The van der Waals surface area contributed by atoms with Gasteiger partial charge in [0.25, 0.3) is 0 Å². The molecule has 0 fully saturated rings. The van der Waals surface area contributed by atoms with Crippen molar-refractivity contribution in [1.82, 2.24) is 0 Å². The Balaban J connectivity index is 1.36. The molecule has 54 heavy (non-hydrogen) atoms. The smallest absolute Gasteiger partial charge is 0.0623 e. The van der Waals surface area contributed by atoms with Crippen LogP contribution in [-0.4, -0.2) is 16.1 Å². The predicted octanol–water partition coefficient (Wildman–Crippen LogP) is 7.34. The van der Waals surface area contributed by atoms with E-state index in [1.807, 2.05) is 0 Å². The Hall–Kier alpha value is -5.81. The second kappa shape index (κ2) is 14.9. The van der Waals surface area contributed by atoms with Crippen molar-refractivity contribution in [3.63, 3.8) is 0 Å². The van der Waals surface area contributed by atoms with Gasteiger partial charge in [-0.15, -0.1) is 0 Å². The minimum Gasteiger partial charge on any atom is -0.0623 e. The molecule has 0 aromatic heterocycles. The first kappa shape index (κ1) is 35.2. The molecule has 0 saturated carbocycles. The van der Waals surface area contributed by atoms with Crippen LogP contribution in [0.15, 0.2) is 206 Å². The summed E-state index contributed by atoms with van der Waals surface area (Å²) in [5.74, 6) is 0. The average molecular weight is 727 g/mol. The Morgan fingerprint density at radius 3 is 0.556 bits per heavy atom. The first-order chi connectivity index (χ1) is 26.5. The summed E-state index contributed by atoms with van der Waals surface area (Å²) in [6.07, 6.45) is 0. The van der Waals surface area contributed by atoms with E-state index in [9.17, 15) is 0 Å². The minimum atomic E-state index is -2.65. The van der Waals surface area contributed by atoms with Crippen molar-refractivity contribution in [2.75, 3.05) is 0 Å². The van der Waals surface area contributed by atoms with E-state index < -0.39 is 16.1 Å². The van der Waals surface area contributed by atoms with E-state index >= 15 is 0 Å². The molecule has 0 aliphatic carbocycles. The van der Waals surface area contributed by atoms with E-state index in [4.69, 9.17) is 0 Å². The Kier molecular flexibility index (Phi) is 9.73. The summed E-state index contributed by atoms with van der Waals surface area (Å²) in [6, 6.07) is 77.5. The van der Waals surface area contributed by atoms with Gasteiger partial charge in [-0.3, -0.25) is 0 Å². The van der Waals surface area contributed by atoms with Crippen LogP contribution in [0.4, 0.5) is 0 Å². The van der Waals surface area contributed by atoms with Gasteiger partial charge in [0.15, 0.2) is 16.1 Å². The molecule has 0 spiro atoms. The molecule has 8 aromatic carbocycles. The van der Waals surface area contributed by atoms with E-state index in [1.165, 1.54) is 74.9 Å². The van der Waals surface area contributed by atoms with Crippen molar-refractivity contribution in [1.29, 1.82) is 0 Å². The molecule has 0 amide bonds. The third-order valence-electron chi connectivity index (χ3n) is 11.4. The van der Waals surface area contributed by atoms with Crippen molar-refractivity contribution in [2.24, 2.45) is 0 Å². The molecule has 8 aromatic rings. The number of benzene rings is 8. The van der Waals surface area contributed by atoms with E-state index in [0.29, 0.717) is 0 Å². The van der Waals surface area contributed by atoms with Gasteiger partial charge in [-0.1, -0.05) is 206 Å². The van der Waals surface area contributed by atoms with E-state index in [-0.39, 0.29) is 0 Å². The van der Waals surface area contributed by atoms with Gasteiger partial charge >= 0.3 is 0 Å². The summed E-state index contributed by atoms with van der Waals surface area (Å²) in [7, 11) is -5.31. The fourth-order valence-electron chi connectivity index (χ4n) is 9.28. The summed E-state index contributed by atoms with van der Waals surface area (Å²) < 4.78 is 0. The molecule has 0 bridgehead atoms. The Labute approximate surface area is 323 Å². The van der Waals surface area contributed by atoms with Gasteiger partial charge < -0.3 is 0 Å². The predicted molar refractivity (Wildman–Crippen MR) is 238 cm³/mol. The monoisotopic (exact) mass is 726 g/mol. The Morgan fingerprint density at radius 1 is 0.222 bits per heavy atom. The van der Waals surface area contributed by atoms with Crippen molar-refractivity contribution in [3.05, 3.63) is 229 Å². The fraction of sp³-hybridized carbons (Fsp3) is 0.0769. The number of hydrogen-bond acceptors (Lipinski definition) is 0. The first-order valence-electron chi connectivity index (χ1n) is 19.0. The van der Waals surface area contributed by atoms with E-state index in [0.717, 1.165) is 0 Å². The maximum Gasteiger partial charge on any atom is 0.179 e.